The molecule has 0 unspecified atom stereocenters. The van der Waals surface area contributed by atoms with Gasteiger partial charge in [0.15, 0.2) is 0 Å². The van der Waals surface area contributed by atoms with Crippen LogP contribution in [0.1, 0.15) is 11.3 Å². The summed E-state index contributed by atoms with van der Waals surface area (Å²) in [5, 5.41) is 7.99. The van der Waals surface area contributed by atoms with E-state index >= 15 is 0 Å². The number of aryl methyl sites for hydroxylation is 1. The molecule has 148 valence electrons. The smallest absolute Gasteiger partial charge is 0.226 e. The number of nitrogens with zero attached hydrogens (tertiary/aromatic N) is 6. The highest BCUT2D eigenvalue weighted by atomic mass is 16.5. The molecule has 3 heterocycles. The summed E-state index contributed by atoms with van der Waals surface area (Å²) in [7, 11) is 7.32. The summed E-state index contributed by atoms with van der Waals surface area (Å²) in [6.45, 7) is 4.83. The molecule has 0 aromatic carbocycles. The second-order valence-electron chi connectivity index (χ2n) is 6.97. The van der Waals surface area contributed by atoms with Gasteiger partial charge in [-0.1, -0.05) is 0 Å². The summed E-state index contributed by atoms with van der Waals surface area (Å²) in [4.78, 5) is 13.1. The summed E-state index contributed by atoms with van der Waals surface area (Å²) in [5.74, 6) is 1.62. The summed E-state index contributed by atoms with van der Waals surface area (Å²) in [6, 6.07) is 2.14. The van der Waals surface area contributed by atoms with Gasteiger partial charge in [0, 0.05) is 54.1 Å². The molecular formula is C18H29N7O2. The molecule has 0 aliphatic carbocycles. The maximum Gasteiger partial charge on any atom is 0.226 e. The quantitative estimate of drug-likeness (QED) is 0.720. The van der Waals surface area contributed by atoms with Gasteiger partial charge in [0.25, 0.3) is 0 Å². The summed E-state index contributed by atoms with van der Waals surface area (Å²) < 4.78 is 12.8. The van der Waals surface area contributed by atoms with Crippen molar-refractivity contribution in [2.45, 2.75) is 32.3 Å². The predicted octanol–water partition coefficient (Wildman–Crippen LogP) is 0.645. The second kappa shape index (κ2) is 8.64. The van der Waals surface area contributed by atoms with Gasteiger partial charge in [-0.05, 0) is 18.6 Å². The topological polar surface area (TPSA) is 80.6 Å². The van der Waals surface area contributed by atoms with E-state index in [-0.39, 0.29) is 12.1 Å². The number of rotatable bonds is 8. The fraction of sp³-hybridized carbons (Fsp3) is 0.611. The molecule has 2 atom stereocenters. The zero-order chi connectivity index (χ0) is 19.4. The molecule has 0 amide bonds. The maximum absolute atomic E-state index is 5.73. The molecule has 1 N–H and O–H groups in total. The molecule has 9 nitrogen and oxygen atoms in total. The molecule has 1 aliphatic rings. The van der Waals surface area contributed by atoms with Crippen LogP contribution in [0.3, 0.4) is 0 Å². The average Bonchev–Trinajstić information content (AvgIpc) is 3.24. The number of aromatic nitrogens is 4. The normalized spacial score (nSPS) is 19.7. The van der Waals surface area contributed by atoms with Crippen LogP contribution in [-0.2, 0) is 22.7 Å². The predicted molar refractivity (Wildman–Crippen MR) is 104 cm³/mol. The molecule has 0 bridgehead atoms. The van der Waals surface area contributed by atoms with E-state index in [9.17, 15) is 0 Å². The van der Waals surface area contributed by atoms with Crippen molar-refractivity contribution in [3.8, 4) is 0 Å². The first-order valence-corrected chi connectivity index (χ1v) is 9.05. The third-order valence-corrected chi connectivity index (χ3v) is 4.86. The zero-order valence-corrected chi connectivity index (χ0v) is 16.7. The average molecular weight is 375 g/mol. The summed E-state index contributed by atoms with van der Waals surface area (Å²) in [6.07, 6.45) is 3.75. The fourth-order valence-electron chi connectivity index (χ4n) is 3.32. The van der Waals surface area contributed by atoms with Crippen LogP contribution in [0, 0.1) is 6.92 Å². The molecule has 0 radical (unpaired) electrons. The molecule has 9 heteroatoms. The van der Waals surface area contributed by atoms with Gasteiger partial charge < -0.3 is 24.6 Å². The SMILES string of the molecule is COCn1ncc(C)c1CN[C@@H]1CN(c2ccnc(N(C)C)n2)C[C@@H]1OC. The molecule has 1 saturated heterocycles. The highest BCUT2D eigenvalue weighted by Crippen LogP contribution is 2.22. The third kappa shape index (κ3) is 4.37. The first-order chi connectivity index (χ1) is 13.0. The molecule has 1 fully saturated rings. The van der Waals surface area contributed by atoms with Crippen molar-refractivity contribution in [1.82, 2.24) is 25.1 Å². The van der Waals surface area contributed by atoms with Gasteiger partial charge in [0.2, 0.25) is 5.95 Å². The van der Waals surface area contributed by atoms with Crippen molar-refractivity contribution < 1.29 is 9.47 Å². The van der Waals surface area contributed by atoms with E-state index in [4.69, 9.17) is 9.47 Å². The number of anilines is 2. The van der Waals surface area contributed by atoms with E-state index in [0.29, 0.717) is 19.2 Å². The van der Waals surface area contributed by atoms with E-state index in [1.54, 1.807) is 20.4 Å². The van der Waals surface area contributed by atoms with Crippen LogP contribution in [0.5, 0.6) is 0 Å². The van der Waals surface area contributed by atoms with Crippen LogP contribution < -0.4 is 15.1 Å². The van der Waals surface area contributed by atoms with Crippen molar-refractivity contribution in [3.63, 3.8) is 0 Å². The lowest BCUT2D eigenvalue weighted by molar-refractivity contribution is 0.0949. The lowest BCUT2D eigenvalue weighted by Crippen LogP contribution is -2.40. The lowest BCUT2D eigenvalue weighted by Gasteiger charge is -2.19. The van der Waals surface area contributed by atoms with Crippen LogP contribution in [0.2, 0.25) is 0 Å². The Morgan fingerprint density at radius 3 is 2.81 bits per heavy atom. The fourth-order valence-corrected chi connectivity index (χ4v) is 3.32. The van der Waals surface area contributed by atoms with E-state index in [0.717, 1.165) is 30.2 Å². The molecule has 27 heavy (non-hydrogen) atoms. The maximum atomic E-state index is 5.73. The second-order valence-corrected chi connectivity index (χ2v) is 6.97. The molecular weight excluding hydrogens is 346 g/mol. The standard InChI is InChI=1S/C18H29N7O2/c1-13-8-21-25(12-26-4)15(13)9-20-14-10-24(11-16(14)27-5)17-6-7-19-18(22-17)23(2)3/h6-8,14,16,20H,9-12H2,1-5H3/t14-,16+/m1/s1. The van der Waals surface area contributed by atoms with Gasteiger partial charge >= 0.3 is 0 Å². The summed E-state index contributed by atoms with van der Waals surface area (Å²) in [5.41, 5.74) is 2.27. The summed E-state index contributed by atoms with van der Waals surface area (Å²) >= 11 is 0. The lowest BCUT2D eigenvalue weighted by atomic mass is 10.2. The Hall–Kier alpha value is -2.23. The number of nitrogens with one attached hydrogen (secondary N) is 1. The number of ether oxygens (including phenoxy) is 2. The van der Waals surface area contributed by atoms with Gasteiger partial charge in [-0.25, -0.2) is 9.67 Å². The van der Waals surface area contributed by atoms with Crippen molar-refractivity contribution in [2.24, 2.45) is 0 Å². The first-order valence-electron chi connectivity index (χ1n) is 9.05. The van der Waals surface area contributed by atoms with Gasteiger partial charge in [-0.15, -0.1) is 0 Å². The minimum atomic E-state index is 0.0851. The van der Waals surface area contributed by atoms with Crippen molar-refractivity contribution in [3.05, 3.63) is 29.7 Å². The van der Waals surface area contributed by atoms with E-state index in [1.165, 1.54) is 0 Å². The zero-order valence-electron chi connectivity index (χ0n) is 16.7. The Labute approximate surface area is 160 Å². The van der Waals surface area contributed by atoms with Crippen molar-refractivity contribution in [2.75, 3.05) is 51.2 Å². The molecule has 1 aliphatic heterocycles. The minimum absolute atomic E-state index is 0.0851. The van der Waals surface area contributed by atoms with Crippen LogP contribution in [0.25, 0.3) is 0 Å². The molecule has 0 spiro atoms. The molecule has 2 aromatic heterocycles. The van der Waals surface area contributed by atoms with Crippen LogP contribution >= 0.6 is 0 Å². The van der Waals surface area contributed by atoms with Gasteiger partial charge in [-0.2, -0.15) is 10.1 Å². The van der Waals surface area contributed by atoms with E-state index in [2.05, 4.69) is 32.2 Å². The van der Waals surface area contributed by atoms with Crippen molar-refractivity contribution >= 4 is 11.8 Å². The van der Waals surface area contributed by atoms with Gasteiger partial charge in [-0.3, -0.25) is 0 Å². The van der Waals surface area contributed by atoms with Gasteiger partial charge in [0.1, 0.15) is 12.5 Å². The van der Waals surface area contributed by atoms with Crippen LogP contribution in [0.15, 0.2) is 18.5 Å². The van der Waals surface area contributed by atoms with Crippen molar-refractivity contribution in [1.29, 1.82) is 0 Å². The Balaban J connectivity index is 1.68. The van der Waals surface area contributed by atoms with Crippen LogP contribution in [-0.4, -0.2) is 73.3 Å². The monoisotopic (exact) mass is 375 g/mol. The van der Waals surface area contributed by atoms with Gasteiger partial charge in [0.05, 0.1) is 24.0 Å². The Morgan fingerprint density at radius 1 is 1.30 bits per heavy atom. The molecule has 3 rings (SSSR count). The third-order valence-electron chi connectivity index (χ3n) is 4.86. The van der Waals surface area contributed by atoms with E-state index < -0.39 is 0 Å². The molecule has 2 aromatic rings. The highest BCUT2D eigenvalue weighted by molar-refractivity contribution is 5.45. The number of methoxy groups -OCH3 is 2. The Morgan fingerprint density at radius 2 is 2.11 bits per heavy atom. The largest absolute Gasteiger partial charge is 0.378 e. The van der Waals surface area contributed by atoms with Crippen LogP contribution in [0.4, 0.5) is 11.8 Å². The Bertz CT molecular complexity index is 749. The first kappa shape index (κ1) is 19.5. The number of hydrogen-bond donors (Lipinski definition) is 1. The van der Waals surface area contributed by atoms with E-state index in [1.807, 2.05) is 35.9 Å². The number of hydrogen-bond acceptors (Lipinski definition) is 8. The minimum Gasteiger partial charge on any atom is -0.378 e. The molecule has 0 saturated carbocycles. The highest BCUT2D eigenvalue weighted by Gasteiger charge is 2.33. The Kier molecular flexibility index (Phi) is 6.25.